The molecule has 2 amide bonds. The molecule has 1 unspecified atom stereocenters. The van der Waals surface area contributed by atoms with E-state index in [0.29, 0.717) is 45.8 Å². The number of carbonyl (C=O) groups excluding carboxylic acids is 2. The molecular weight excluding hydrogens is 318 g/mol. The molecule has 2 aliphatic heterocycles. The van der Waals surface area contributed by atoms with E-state index in [1.807, 2.05) is 28.0 Å². The van der Waals surface area contributed by atoms with Crippen LogP contribution < -0.4 is 5.32 Å². The maximum absolute atomic E-state index is 12.6. The summed E-state index contributed by atoms with van der Waals surface area (Å²) < 4.78 is 5.38. The van der Waals surface area contributed by atoms with Crippen molar-refractivity contribution in [1.82, 2.24) is 15.1 Å². The summed E-state index contributed by atoms with van der Waals surface area (Å²) in [6, 6.07) is 9.84. The highest BCUT2D eigenvalue weighted by molar-refractivity contribution is 5.82. The number of nitrogens with zero attached hydrogens (tertiary/aromatic N) is 2. The van der Waals surface area contributed by atoms with Crippen molar-refractivity contribution in [3.63, 3.8) is 0 Å². The number of ether oxygens (including phenoxy) is 1. The van der Waals surface area contributed by atoms with Gasteiger partial charge in [0.2, 0.25) is 11.8 Å². The molecule has 0 aliphatic carbocycles. The van der Waals surface area contributed by atoms with Gasteiger partial charge in [0, 0.05) is 39.1 Å². The van der Waals surface area contributed by atoms with Crippen LogP contribution >= 0.6 is 0 Å². The summed E-state index contributed by atoms with van der Waals surface area (Å²) in [4.78, 5) is 28.8. The number of rotatable bonds is 4. The lowest BCUT2D eigenvalue weighted by Crippen LogP contribution is -2.53. The highest BCUT2D eigenvalue weighted by atomic mass is 16.5. The van der Waals surface area contributed by atoms with Crippen molar-refractivity contribution in [3.05, 3.63) is 35.9 Å². The quantitative estimate of drug-likeness (QED) is 0.871. The molecule has 0 radical (unpaired) electrons. The largest absolute Gasteiger partial charge is 0.378 e. The zero-order valence-electron chi connectivity index (χ0n) is 14.7. The average Bonchev–Trinajstić information content (AvgIpc) is 2.93. The summed E-state index contributed by atoms with van der Waals surface area (Å²) in [6.07, 6.45) is 2.12. The van der Waals surface area contributed by atoms with E-state index in [9.17, 15) is 9.59 Å². The van der Waals surface area contributed by atoms with Gasteiger partial charge >= 0.3 is 0 Å². The lowest BCUT2D eigenvalue weighted by Gasteiger charge is -2.29. The normalized spacial score (nSPS) is 21.7. The molecule has 0 saturated carbocycles. The Bertz CT molecular complexity index is 573. The molecule has 6 heteroatoms. The van der Waals surface area contributed by atoms with Gasteiger partial charge in [0.05, 0.1) is 13.2 Å². The first-order chi connectivity index (χ1) is 12.2. The number of hydrogen-bond donors (Lipinski definition) is 1. The lowest BCUT2D eigenvalue weighted by atomic mass is 10.1. The number of amides is 2. The predicted molar refractivity (Wildman–Crippen MR) is 95.1 cm³/mol. The molecule has 1 aromatic rings. The molecule has 25 heavy (non-hydrogen) atoms. The number of nitrogens with one attached hydrogen (secondary N) is 1. The SMILES string of the molecule is O=C(CCc1ccccc1)N1CCCN(C(=O)C2COCCN2)CC1. The zero-order valence-corrected chi connectivity index (χ0v) is 14.7. The molecule has 1 atom stereocenters. The number of carbonyl (C=O) groups is 2. The summed E-state index contributed by atoms with van der Waals surface area (Å²) in [5, 5.41) is 3.21. The second kappa shape index (κ2) is 8.97. The maximum atomic E-state index is 12.6. The molecule has 2 heterocycles. The van der Waals surface area contributed by atoms with E-state index >= 15 is 0 Å². The van der Waals surface area contributed by atoms with E-state index in [4.69, 9.17) is 4.74 Å². The Balaban J connectivity index is 1.47. The van der Waals surface area contributed by atoms with Gasteiger partial charge in [-0.05, 0) is 18.4 Å². The van der Waals surface area contributed by atoms with Crippen molar-refractivity contribution in [2.24, 2.45) is 0 Å². The molecule has 2 saturated heterocycles. The Kier molecular flexibility index (Phi) is 6.42. The van der Waals surface area contributed by atoms with E-state index in [2.05, 4.69) is 17.4 Å². The number of aryl methyl sites for hydroxylation is 1. The Labute approximate surface area is 149 Å². The molecule has 1 N–H and O–H groups in total. The lowest BCUT2D eigenvalue weighted by molar-refractivity contribution is -0.137. The molecule has 136 valence electrons. The van der Waals surface area contributed by atoms with Gasteiger partial charge in [0.25, 0.3) is 0 Å². The van der Waals surface area contributed by atoms with Crippen LogP contribution in [0.1, 0.15) is 18.4 Å². The molecule has 2 fully saturated rings. The van der Waals surface area contributed by atoms with E-state index in [-0.39, 0.29) is 17.9 Å². The van der Waals surface area contributed by atoms with Crippen molar-refractivity contribution >= 4 is 11.8 Å². The van der Waals surface area contributed by atoms with Gasteiger partial charge in [-0.2, -0.15) is 0 Å². The first-order valence-electron chi connectivity index (χ1n) is 9.15. The molecule has 0 aromatic heterocycles. The minimum Gasteiger partial charge on any atom is -0.378 e. The second-order valence-electron chi connectivity index (χ2n) is 6.63. The maximum Gasteiger partial charge on any atom is 0.242 e. The fraction of sp³-hybridized carbons (Fsp3) is 0.579. The van der Waals surface area contributed by atoms with Crippen molar-refractivity contribution in [1.29, 1.82) is 0 Å². The van der Waals surface area contributed by atoms with Crippen LogP contribution in [0.2, 0.25) is 0 Å². The Morgan fingerprint density at radius 3 is 2.60 bits per heavy atom. The van der Waals surface area contributed by atoms with E-state index < -0.39 is 0 Å². The van der Waals surface area contributed by atoms with E-state index in [1.165, 1.54) is 5.56 Å². The van der Waals surface area contributed by atoms with Crippen LogP contribution in [-0.2, 0) is 20.7 Å². The minimum atomic E-state index is -0.242. The van der Waals surface area contributed by atoms with Gasteiger partial charge < -0.3 is 19.9 Å². The van der Waals surface area contributed by atoms with Gasteiger partial charge in [0.15, 0.2) is 0 Å². The minimum absolute atomic E-state index is 0.0956. The molecular formula is C19H27N3O3. The first-order valence-corrected chi connectivity index (χ1v) is 9.15. The molecule has 3 rings (SSSR count). The highest BCUT2D eigenvalue weighted by Crippen LogP contribution is 2.10. The smallest absolute Gasteiger partial charge is 0.242 e. The third kappa shape index (κ3) is 5.03. The average molecular weight is 345 g/mol. The standard InChI is InChI=1S/C19H27N3O3/c23-18(8-7-16-5-2-1-3-6-16)21-10-4-11-22(13-12-21)19(24)17-15-25-14-9-20-17/h1-3,5-6,17,20H,4,7-15H2. The van der Waals surface area contributed by atoms with Crippen molar-refractivity contribution in [2.45, 2.75) is 25.3 Å². The van der Waals surface area contributed by atoms with E-state index in [1.54, 1.807) is 0 Å². The number of hydrogen-bond acceptors (Lipinski definition) is 4. The third-order valence-corrected chi connectivity index (χ3v) is 4.85. The Morgan fingerprint density at radius 2 is 1.84 bits per heavy atom. The van der Waals surface area contributed by atoms with Crippen LogP contribution in [0.5, 0.6) is 0 Å². The predicted octanol–water partition coefficient (Wildman–Crippen LogP) is 0.669. The van der Waals surface area contributed by atoms with Crippen molar-refractivity contribution < 1.29 is 14.3 Å². The van der Waals surface area contributed by atoms with Gasteiger partial charge in [-0.25, -0.2) is 0 Å². The molecule has 6 nitrogen and oxygen atoms in total. The monoisotopic (exact) mass is 345 g/mol. The summed E-state index contributed by atoms with van der Waals surface area (Å²) in [7, 11) is 0. The molecule has 1 aromatic carbocycles. The van der Waals surface area contributed by atoms with Crippen LogP contribution in [0.3, 0.4) is 0 Å². The number of morpholine rings is 1. The van der Waals surface area contributed by atoms with Crippen molar-refractivity contribution in [2.75, 3.05) is 45.9 Å². The van der Waals surface area contributed by atoms with Crippen LogP contribution in [0, 0.1) is 0 Å². The third-order valence-electron chi connectivity index (χ3n) is 4.85. The van der Waals surface area contributed by atoms with Gasteiger partial charge in [0.1, 0.15) is 6.04 Å². The molecule has 0 bridgehead atoms. The fourth-order valence-corrected chi connectivity index (χ4v) is 3.39. The summed E-state index contributed by atoms with van der Waals surface area (Å²) in [5.41, 5.74) is 1.19. The highest BCUT2D eigenvalue weighted by Gasteiger charge is 2.28. The number of benzene rings is 1. The fourth-order valence-electron chi connectivity index (χ4n) is 3.39. The van der Waals surface area contributed by atoms with Crippen LogP contribution in [0.25, 0.3) is 0 Å². The topological polar surface area (TPSA) is 61.9 Å². The summed E-state index contributed by atoms with van der Waals surface area (Å²) >= 11 is 0. The Hall–Kier alpha value is -1.92. The zero-order chi connectivity index (χ0) is 17.5. The van der Waals surface area contributed by atoms with E-state index in [0.717, 1.165) is 19.4 Å². The van der Waals surface area contributed by atoms with Crippen molar-refractivity contribution in [3.8, 4) is 0 Å². The van der Waals surface area contributed by atoms with Gasteiger partial charge in [-0.15, -0.1) is 0 Å². The second-order valence-corrected chi connectivity index (χ2v) is 6.63. The van der Waals surface area contributed by atoms with Crippen LogP contribution in [0.15, 0.2) is 30.3 Å². The first kappa shape index (κ1) is 17.9. The van der Waals surface area contributed by atoms with Gasteiger partial charge in [-0.3, -0.25) is 9.59 Å². The summed E-state index contributed by atoms with van der Waals surface area (Å²) in [5.74, 6) is 0.274. The van der Waals surface area contributed by atoms with Crippen LogP contribution in [0.4, 0.5) is 0 Å². The molecule has 2 aliphatic rings. The Morgan fingerprint density at radius 1 is 1.08 bits per heavy atom. The van der Waals surface area contributed by atoms with Gasteiger partial charge in [-0.1, -0.05) is 30.3 Å². The summed E-state index contributed by atoms with van der Waals surface area (Å²) in [6.45, 7) is 4.48. The van der Waals surface area contributed by atoms with Crippen LogP contribution in [-0.4, -0.2) is 73.6 Å². The molecule has 0 spiro atoms.